The molecule has 0 unspecified atom stereocenters. The van der Waals surface area contributed by atoms with Crippen molar-refractivity contribution in [2.75, 3.05) is 0 Å². The molecule has 2 heterocycles. The van der Waals surface area contributed by atoms with Gasteiger partial charge in [0.1, 0.15) is 17.8 Å². The lowest BCUT2D eigenvalue weighted by Crippen LogP contribution is -2.48. The van der Waals surface area contributed by atoms with Gasteiger partial charge in [0, 0.05) is 0 Å². The van der Waals surface area contributed by atoms with E-state index < -0.39 is 23.8 Å². The number of ether oxygens (including phenoxy) is 3. The fraction of sp³-hybridized carbons (Fsp3) is 1.00. The van der Waals surface area contributed by atoms with Crippen LogP contribution in [0.1, 0.15) is 41.0 Å². The zero-order chi connectivity index (χ0) is 12.1. The molecule has 16 heavy (non-hydrogen) atoms. The van der Waals surface area contributed by atoms with Crippen molar-refractivity contribution in [3.05, 3.63) is 0 Å². The van der Waals surface area contributed by atoms with Crippen LogP contribution in [0.2, 0.25) is 0 Å². The molecule has 0 aromatic rings. The van der Waals surface area contributed by atoms with Gasteiger partial charge in [-0.25, -0.2) is 0 Å². The van der Waals surface area contributed by atoms with Crippen molar-refractivity contribution in [1.29, 1.82) is 0 Å². The van der Waals surface area contributed by atoms with E-state index in [1.54, 1.807) is 0 Å². The Morgan fingerprint density at radius 2 is 1.81 bits per heavy atom. The number of rotatable bonds is 2. The van der Waals surface area contributed by atoms with Crippen LogP contribution < -0.4 is 0 Å². The Morgan fingerprint density at radius 3 is 2.25 bits per heavy atom. The Kier molecular flexibility index (Phi) is 2.82. The first-order valence-electron chi connectivity index (χ1n) is 6.04. The van der Waals surface area contributed by atoms with Gasteiger partial charge in [0.05, 0.1) is 0 Å². The lowest BCUT2D eigenvalue weighted by atomic mass is 9.82. The highest BCUT2D eigenvalue weighted by Gasteiger charge is 2.61. The Hall–Kier alpha value is -0.160. The molecule has 0 saturated carbocycles. The molecule has 0 aromatic heterocycles. The third-order valence-corrected chi connectivity index (χ3v) is 3.77. The Bertz CT molecular complexity index is 276. The maximum atomic E-state index is 10.4. The molecule has 94 valence electrons. The summed E-state index contributed by atoms with van der Waals surface area (Å²) in [6.45, 7) is 9.81. The second kappa shape index (κ2) is 3.67. The Labute approximate surface area is 96.9 Å². The predicted octanol–water partition coefficient (Wildman–Crippen LogP) is 1.66. The van der Waals surface area contributed by atoms with E-state index >= 15 is 0 Å². The molecule has 4 heteroatoms. The SMILES string of the molecule is CC[C@@]1(C(C)C)O[C@@H]2OC(C)(C)O[C@@H]2[C@H]1O. The molecule has 0 aromatic carbocycles. The quantitative estimate of drug-likeness (QED) is 0.783. The second-order valence-electron chi connectivity index (χ2n) is 5.49. The molecule has 2 aliphatic heterocycles. The van der Waals surface area contributed by atoms with E-state index in [0.717, 1.165) is 6.42 Å². The van der Waals surface area contributed by atoms with Crippen molar-refractivity contribution in [3.63, 3.8) is 0 Å². The van der Waals surface area contributed by atoms with Crippen LogP contribution in [-0.2, 0) is 14.2 Å². The van der Waals surface area contributed by atoms with Crippen LogP contribution in [0.25, 0.3) is 0 Å². The summed E-state index contributed by atoms with van der Waals surface area (Å²) in [5.74, 6) is -0.430. The number of hydrogen-bond acceptors (Lipinski definition) is 4. The smallest absolute Gasteiger partial charge is 0.190 e. The van der Waals surface area contributed by atoms with Gasteiger partial charge >= 0.3 is 0 Å². The van der Waals surface area contributed by atoms with Gasteiger partial charge in [-0.3, -0.25) is 0 Å². The topological polar surface area (TPSA) is 47.9 Å². The van der Waals surface area contributed by atoms with Crippen LogP contribution in [0, 0.1) is 5.92 Å². The van der Waals surface area contributed by atoms with Gasteiger partial charge < -0.3 is 19.3 Å². The van der Waals surface area contributed by atoms with Crippen LogP contribution in [0.5, 0.6) is 0 Å². The van der Waals surface area contributed by atoms with Crippen molar-refractivity contribution < 1.29 is 19.3 Å². The van der Waals surface area contributed by atoms with Crippen molar-refractivity contribution in [2.24, 2.45) is 5.92 Å². The van der Waals surface area contributed by atoms with Gasteiger partial charge in [0.15, 0.2) is 12.1 Å². The zero-order valence-corrected chi connectivity index (χ0v) is 10.7. The fourth-order valence-electron chi connectivity index (χ4n) is 2.80. The van der Waals surface area contributed by atoms with Crippen LogP contribution >= 0.6 is 0 Å². The minimum atomic E-state index is -0.660. The van der Waals surface area contributed by atoms with Crippen LogP contribution in [-0.4, -0.2) is 35.0 Å². The summed E-state index contributed by atoms with van der Waals surface area (Å²) in [7, 11) is 0. The van der Waals surface area contributed by atoms with Gasteiger partial charge in [-0.05, 0) is 26.2 Å². The Balaban J connectivity index is 2.21. The summed E-state index contributed by atoms with van der Waals surface area (Å²) >= 11 is 0. The maximum Gasteiger partial charge on any atom is 0.190 e. The van der Waals surface area contributed by atoms with Crippen molar-refractivity contribution in [2.45, 2.75) is 70.9 Å². The average molecular weight is 230 g/mol. The molecule has 2 fully saturated rings. The van der Waals surface area contributed by atoms with Crippen molar-refractivity contribution >= 4 is 0 Å². The van der Waals surface area contributed by atoms with E-state index in [4.69, 9.17) is 14.2 Å². The zero-order valence-electron chi connectivity index (χ0n) is 10.7. The van der Waals surface area contributed by atoms with Gasteiger partial charge in [0.25, 0.3) is 0 Å². The fourth-order valence-corrected chi connectivity index (χ4v) is 2.80. The standard InChI is InChI=1S/C12H22O4/c1-6-12(7(2)3)9(13)8-10(16-12)15-11(4,5)14-8/h7-10,13H,6H2,1-5H3/t8-,9-,10+,12+/m1/s1. The molecule has 0 bridgehead atoms. The molecule has 1 N–H and O–H groups in total. The summed E-state index contributed by atoms with van der Waals surface area (Å²) in [6.07, 6.45) is -0.666. The second-order valence-corrected chi connectivity index (χ2v) is 5.49. The average Bonchev–Trinajstić information content (AvgIpc) is 2.59. The van der Waals surface area contributed by atoms with Gasteiger partial charge in [-0.2, -0.15) is 0 Å². The molecular formula is C12H22O4. The molecule has 2 saturated heterocycles. The lowest BCUT2D eigenvalue weighted by molar-refractivity contribution is -0.249. The molecule has 2 aliphatic rings. The monoisotopic (exact) mass is 230 g/mol. The van der Waals surface area contributed by atoms with Crippen LogP contribution in [0.3, 0.4) is 0 Å². The predicted molar refractivity (Wildman–Crippen MR) is 58.8 cm³/mol. The molecule has 4 atom stereocenters. The van der Waals surface area contributed by atoms with E-state index in [-0.39, 0.29) is 12.0 Å². The van der Waals surface area contributed by atoms with Gasteiger partial charge in [-0.15, -0.1) is 0 Å². The van der Waals surface area contributed by atoms with Gasteiger partial charge in [-0.1, -0.05) is 20.8 Å². The first-order chi connectivity index (χ1) is 7.32. The number of aliphatic hydroxyl groups excluding tert-OH is 1. The lowest BCUT2D eigenvalue weighted by Gasteiger charge is -2.36. The molecule has 0 amide bonds. The highest BCUT2D eigenvalue weighted by Crippen LogP contribution is 2.46. The third kappa shape index (κ3) is 1.59. The third-order valence-electron chi connectivity index (χ3n) is 3.77. The summed E-state index contributed by atoms with van der Waals surface area (Å²) in [5.41, 5.74) is -0.536. The summed E-state index contributed by atoms with van der Waals surface area (Å²) in [5, 5.41) is 10.4. The molecule has 4 nitrogen and oxygen atoms in total. The van der Waals surface area contributed by atoms with E-state index in [2.05, 4.69) is 13.8 Å². The largest absolute Gasteiger partial charge is 0.387 e. The summed E-state index contributed by atoms with van der Waals surface area (Å²) in [6, 6.07) is 0. The first-order valence-corrected chi connectivity index (χ1v) is 6.04. The van der Waals surface area contributed by atoms with Crippen LogP contribution in [0.4, 0.5) is 0 Å². The summed E-state index contributed by atoms with van der Waals surface area (Å²) < 4.78 is 17.3. The van der Waals surface area contributed by atoms with E-state index in [1.807, 2.05) is 20.8 Å². The molecular weight excluding hydrogens is 208 g/mol. The number of fused-ring (bicyclic) bond motifs is 1. The highest BCUT2D eigenvalue weighted by molar-refractivity contribution is 5.04. The van der Waals surface area contributed by atoms with Crippen molar-refractivity contribution in [3.8, 4) is 0 Å². The molecule has 0 aliphatic carbocycles. The highest BCUT2D eigenvalue weighted by atomic mass is 16.8. The number of aliphatic hydroxyl groups is 1. The molecule has 0 radical (unpaired) electrons. The van der Waals surface area contributed by atoms with E-state index in [0.29, 0.717) is 0 Å². The number of hydrogen-bond donors (Lipinski definition) is 1. The van der Waals surface area contributed by atoms with E-state index in [1.165, 1.54) is 0 Å². The minimum Gasteiger partial charge on any atom is -0.387 e. The van der Waals surface area contributed by atoms with E-state index in [9.17, 15) is 5.11 Å². The Morgan fingerprint density at radius 1 is 1.19 bits per heavy atom. The normalized spacial score (nSPS) is 46.3. The van der Waals surface area contributed by atoms with Crippen molar-refractivity contribution in [1.82, 2.24) is 0 Å². The van der Waals surface area contributed by atoms with Gasteiger partial charge in [0.2, 0.25) is 0 Å². The molecule has 0 spiro atoms. The summed E-state index contributed by atoms with van der Waals surface area (Å²) in [4.78, 5) is 0. The molecule has 2 rings (SSSR count). The first kappa shape index (κ1) is 12.3. The minimum absolute atomic E-state index is 0.230. The van der Waals surface area contributed by atoms with Crippen LogP contribution in [0.15, 0.2) is 0 Å². The maximum absolute atomic E-state index is 10.4.